The summed E-state index contributed by atoms with van der Waals surface area (Å²) in [5, 5.41) is 53.1. The quantitative estimate of drug-likeness (QED) is 0.207. The van der Waals surface area contributed by atoms with Gasteiger partial charge in [0.05, 0.1) is 6.61 Å². The molecule has 48 heavy (non-hydrogen) atoms. The third-order valence-corrected chi connectivity index (χ3v) is 15.3. The van der Waals surface area contributed by atoms with Crippen molar-refractivity contribution in [1.82, 2.24) is 0 Å². The second kappa shape index (κ2) is 12.1. The molecule has 1 heterocycles. The Kier molecular flexibility index (Phi) is 9.17. The van der Waals surface area contributed by atoms with Gasteiger partial charge in [0.15, 0.2) is 12.1 Å². The number of aliphatic hydroxyl groups excluding tert-OH is 5. The minimum absolute atomic E-state index is 0.0418. The van der Waals surface area contributed by atoms with Crippen molar-refractivity contribution in [1.29, 1.82) is 0 Å². The van der Waals surface area contributed by atoms with Crippen LogP contribution in [-0.4, -0.2) is 93.4 Å². The van der Waals surface area contributed by atoms with Crippen molar-refractivity contribution in [3.8, 4) is 0 Å². The monoisotopic (exact) mass is 676 g/mol. The number of rotatable bonds is 6. The Balaban J connectivity index is 1.39. The Labute approximate surface area is 285 Å². The van der Waals surface area contributed by atoms with Gasteiger partial charge in [0.1, 0.15) is 36.6 Å². The fraction of sp³-hybridized carbons (Fsp3) is 0.895. The molecule has 5 N–H and O–H groups in total. The molecule has 10 nitrogen and oxygen atoms in total. The van der Waals surface area contributed by atoms with Crippen molar-refractivity contribution in [3.63, 3.8) is 0 Å². The summed E-state index contributed by atoms with van der Waals surface area (Å²) in [6.07, 6.45) is -2.48. The standard InChI is InChI=1S/C38H60O10/c1-19(2)22-15-23(42)28-21-9-10-27-37(8,36(21,7)14-13-35(22,28)6)12-11-26-34(4,5)32(24(46-20(3)41)16-38(26,27)18-40)48-33-31(45)30(44)29(43)25(17-39)47-33/h19,22,24-27,29-33,39-40,43-45H,9-18H2,1-8H3/t22-,24+,25+,26-,27-,29+,30-,31+,32-,33-,35-,36+,37+,38+/m0/s1. The summed E-state index contributed by atoms with van der Waals surface area (Å²) >= 11 is 0. The van der Waals surface area contributed by atoms with Crippen molar-refractivity contribution in [2.24, 2.45) is 50.7 Å². The summed E-state index contributed by atoms with van der Waals surface area (Å²) < 4.78 is 18.3. The summed E-state index contributed by atoms with van der Waals surface area (Å²) in [5.74, 6) is 0.674. The molecule has 1 aliphatic heterocycles. The van der Waals surface area contributed by atoms with E-state index in [1.54, 1.807) is 0 Å². The molecule has 0 spiro atoms. The maximum atomic E-state index is 13.8. The smallest absolute Gasteiger partial charge is 0.302 e. The Morgan fingerprint density at radius 2 is 1.65 bits per heavy atom. The van der Waals surface area contributed by atoms with Gasteiger partial charge in [0.25, 0.3) is 0 Å². The predicted molar refractivity (Wildman–Crippen MR) is 176 cm³/mol. The van der Waals surface area contributed by atoms with E-state index in [0.29, 0.717) is 30.5 Å². The van der Waals surface area contributed by atoms with E-state index in [1.807, 2.05) is 0 Å². The van der Waals surface area contributed by atoms with E-state index >= 15 is 0 Å². The molecule has 10 heteroatoms. The molecule has 1 saturated heterocycles. The number of Topliss-reactive ketones (excluding diaryl/α,β-unsaturated/α-hetero) is 1. The highest BCUT2D eigenvalue weighted by Gasteiger charge is 2.71. The van der Waals surface area contributed by atoms with Gasteiger partial charge in [-0.25, -0.2) is 0 Å². The number of hydrogen-bond donors (Lipinski definition) is 5. The minimum Gasteiger partial charge on any atom is -0.460 e. The van der Waals surface area contributed by atoms with Crippen molar-refractivity contribution >= 4 is 11.8 Å². The first-order valence-electron chi connectivity index (χ1n) is 18.4. The number of allylic oxidation sites excluding steroid dienone is 2. The van der Waals surface area contributed by atoms with Gasteiger partial charge in [-0.3, -0.25) is 9.59 Å². The van der Waals surface area contributed by atoms with Gasteiger partial charge in [-0.2, -0.15) is 0 Å². The first-order chi connectivity index (χ1) is 22.3. The molecule has 0 radical (unpaired) electrons. The fourth-order valence-electron chi connectivity index (χ4n) is 12.9. The summed E-state index contributed by atoms with van der Waals surface area (Å²) in [5.41, 5.74) is 0.659. The van der Waals surface area contributed by atoms with E-state index in [4.69, 9.17) is 14.2 Å². The van der Waals surface area contributed by atoms with E-state index in [2.05, 4.69) is 48.5 Å². The van der Waals surface area contributed by atoms with Crippen LogP contribution in [0.2, 0.25) is 0 Å². The SMILES string of the molecule is CC(=O)O[C@@H]1C[C@]2(CO)[C@H]3CCC4=C5C(=O)C[C@@H](C(C)C)[C@]5(C)CC[C@@]4(C)[C@]3(C)CC[C@H]2C(C)(C)[C@H]1O[C@@H]1O[C@H](CO)[C@@H](O)[C@H](O)[C@H]1O. The number of ether oxygens (including phenoxy) is 3. The van der Waals surface area contributed by atoms with Crippen LogP contribution in [0.1, 0.15) is 107 Å². The zero-order chi connectivity index (χ0) is 35.4. The zero-order valence-corrected chi connectivity index (χ0v) is 30.2. The lowest BCUT2D eigenvalue weighted by Crippen LogP contribution is -2.70. The molecule has 0 aromatic carbocycles. The van der Waals surface area contributed by atoms with Gasteiger partial charge in [0.2, 0.25) is 0 Å². The van der Waals surface area contributed by atoms with Crippen LogP contribution in [0.3, 0.4) is 0 Å². The lowest BCUT2D eigenvalue weighted by molar-refractivity contribution is -0.344. The topological polar surface area (TPSA) is 163 Å². The first-order valence-corrected chi connectivity index (χ1v) is 18.4. The zero-order valence-electron chi connectivity index (χ0n) is 30.2. The van der Waals surface area contributed by atoms with Crippen LogP contribution in [0.15, 0.2) is 11.1 Å². The van der Waals surface area contributed by atoms with Crippen LogP contribution >= 0.6 is 0 Å². The van der Waals surface area contributed by atoms with E-state index in [1.165, 1.54) is 12.5 Å². The van der Waals surface area contributed by atoms with Gasteiger partial charge in [0, 0.05) is 30.9 Å². The number of fused-ring (bicyclic) bond motifs is 6. The van der Waals surface area contributed by atoms with E-state index in [-0.39, 0.29) is 34.7 Å². The normalized spacial score (nSPS) is 50.0. The molecule has 0 bridgehead atoms. The highest BCUT2D eigenvalue weighted by atomic mass is 16.7. The van der Waals surface area contributed by atoms with Crippen LogP contribution in [0.5, 0.6) is 0 Å². The van der Waals surface area contributed by atoms with E-state index in [9.17, 15) is 35.1 Å². The predicted octanol–water partition coefficient (Wildman–Crippen LogP) is 3.69. The average molecular weight is 677 g/mol. The summed E-state index contributed by atoms with van der Waals surface area (Å²) in [6.45, 7) is 16.4. The number of carbonyl (C=O) groups excluding carboxylic acids is 2. The number of aliphatic hydroxyl groups is 5. The number of esters is 1. The lowest BCUT2D eigenvalue weighted by Gasteiger charge is -2.71. The molecule has 5 aliphatic carbocycles. The lowest BCUT2D eigenvalue weighted by atomic mass is 9.34. The second-order valence-corrected chi connectivity index (χ2v) is 18.0. The molecule has 0 aromatic rings. The molecule has 5 fully saturated rings. The molecule has 6 rings (SSSR count). The van der Waals surface area contributed by atoms with Crippen molar-refractivity contribution in [2.75, 3.05) is 13.2 Å². The molecule has 0 aromatic heterocycles. The third kappa shape index (κ3) is 4.90. The Morgan fingerprint density at radius 3 is 2.25 bits per heavy atom. The maximum absolute atomic E-state index is 13.8. The average Bonchev–Trinajstić information content (AvgIpc) is 3.29. The molecular formula is C38H60O10. The number of hydrogen-bond acceptors (Lipinski definition) is 10. The van der Waals surface area contributed by atoms with E-state index < -0.39 is 66.3 Å². The van der Waals surface area contributed by atoms with Crippen LogP contribution in [0.4, 0.5) is 0 Å². The second-order valence-electron chi connectivity index (χ2n) is 18.0. The number of ketones is 1. The van der Waals surface area contributed by atoms with Crippen molar-refractivity contribution < 1.29 is 49.3 Å². The largest absolute Gasteiger partial charge is 0.460 e. The molecule has 272 valence electrons. The van der Waals surface area contributed by atoms with Gasteiger partial charge < -0.3 is 39.7 Å². The molecule has 0 amide bonds. The van der Waals surface area contributed by atoms with Gasteiger partial charge in [-0.1, -0.05) is 54.0 Å². The fourth-order valence-corrected chi connectivity index (χ4v) is 12.9. The number of carbonyl (C=O) groups is 2. The minimum atomic E-state index is -1.60. The molecule has 6 aliphatic rings. The van der Waals surface area contributed by atoms with Crippen LogP contribution in [0.25, 0.3) is 0 Å². The summed E-state index contributed by atoms with van der Waals surface area (Å²) in [6, 6.07) is 0. The molecule has 0 unspecified atom stereocenters. The van der Waals surface area contributed by atoms with Crippen LogP contribution < -0.4 is 0 Å². The van der Waals surface area contributed by atoms with Crippen LogP contribution in [-0.2, 0) is 23.8 Å². The maximum Gasteiger partial charge on any atom is 0.302 e. The third-order valence-electron chi connectivity index (χ3n) is 15.3. The summed E-state index contributed by atoms with van der Waals surface area (Å²) in [4.78, 5) is 26.5. The van der Waals surface area contributed by atoms with Crippen molar-refractivity contribution in [2.45, 2.75) is 150 Å². The van der Waals surface area contributed by atoms with Gasteiger partial charge >= 0.3 is 5.97 Å². The van der Waals surface area contributed by atoms with Crippen LogP contribution in [0, 0.1) is 50.7 Å². The van der Waals surface area contributed by atoms with Crippen molar-refractivity contribution in [3.05, 3.63) is 11.1 Å². The first kappa shape index (κ1) is 36.4. The molecule has 4 saturated carbocycles. The van der Waals surface area contributed by atoms with E-state index in [0.717, 1.165) is 44.1 Å². The Hall–Kier alpha value is -1.40. The van der Waals surface area contributed by atoms with Gasteiger partial charge in [-0.15, -0.1) is 0 Å². The van der Waals surface area contributed by atoms with Gasteiger partial charge in [-0.05, 0) is 90.3 Å². The summed E-state index contributed by atoms with van der Waals surface area (Å²) in [7, 11) is 0. The highest BCUT2D eigenvalue weighted by Crippen LogP contribution is 2.76. The molecule has 14 atom stereocenters. The molecular weight excluding hydrogens is 616 g/mol. The Morgan fingerprint density at radius 1 is 0.958 bits per heavy atom. The Bertz CT molecular complexity index is 1320. The highest BCUT2D eigenvalue weighted by molar-refractivity contribution is 6.00.